The zero-order valence-corrected chi connectivity index (χ0v) is 14.5. The number of hydrogen-bond donors (Lipinski definition) is 4. The molecule has 0 amide bonds. The lowest BCUT2D eigenvalue weighted by atomic mass is 10.2. The van der Waals surface area contributed by atoms with Crippen molar-refractivity contribution in [1.82, 2.24) is 5.43 Å². The van der Waals surface area contributed by atoms with Crippen LogP contribution in [0.25, 0.3) is 0 Å². The van der Waals surface area contributed by atoms with E-state index >= 15 is 0 Å². The van der Waals surface area contributed by atoms with Gasteiger partial charge in [-0.05, 0) is 69.8 Å². The Labute approximate surface area is 142 Å². The number of carbonyl (C=O) groups is 2. The van der Waals surface area contributed by atoms with Gasteiger partial charge in [0.1, 0.15) is 5.70 Å². The summed E-state index contributed by atoms with van der Waals surface area (Å²) in [4.78, 5) is 21.4. The van der Waals surface area contributed by atoms with Gasteiger partial charge in [-0.15, -0.1) is 0 Å². The van der Waals surface area contributed by atoms with Crippen molar-refractivity contribution in [3.8, 4) is 0 Å². The van der Waals surface area contributed by atoms with Gasteiger partial charge in [-0.25, -0.2) is 4.79 Å². The van der Waals surface area contributed by atoms with Gasteiger partial charge in [0.05, 0.1) is 5.69 Å². The fraction of sp³-hybridized carbons (Fsp3) is 0.167. The summed E-state index contributed by atoms with van der Waals surface area (Å²) in [5.74, 6) is -2.12. The van der Waals surface area contributed by atoms with Crippen LogP contribution in [0.5, 0.6) is 0 Å². The molecule has 0 aliphatic carbocycles. The topological polar surface area (TPSA) is 98.7 Å². The van der Waals surface area contributed by atoms with Crippen molar-refractivity contribution in [2.24, 2.45) is 0 Å². The van der Waals surface area contributed by atoms with Gasteiger partial charge in [0, 0.05) is 13.6 Å². The fourth-order valence-corrected chi connectivity index (χ4v) is 3.24. The van der Waals surface area contributed by atoms with Gasteiger partial charge in [0.15, 0.2) is 0 Å². The van der Waals surface area contributed by atoms with Crippen molar-refractivity contribution in [2.45, 2.75) is 12.8 Å². The Balaban J connectivity index is 2.67. The predicted octanol–water partition coefficient (Wildman–Crippen LogP) is 2.65. The minimum Gasteiger partial charge on any atom is -0.481 e. The van der Waals surface area contributed by atoms with Crippen LogP contribution in [0.1, 0.15) is 12.8 Å². The number of hydrogen-bond acceptors (Lipinski definition) is 4. The number of benzene rings is 1. The molecule has 0 bridgehead atoms. The highest BCUT2D eigenvalue weighted by Gasteiger charge is 2.07. The van der Waals surface area contributed by atoms with Crippen molar-refractivity contribution in [3.05, 3.63) is 37.1 Å². The average Bonchev–Trinajstić information content (AvgIpc) is 2.31. The Morgan fingerprint density at radius 1 is 1.15 bits per heavy atom. The molecule has 1 rings (SSSR count). The van der Waals surface area contributed by atoms with E-state index in [0.29, 0.717) is 0 Å². The Hall–Kier alpha value is -1.04. The molecule has 0 radical (unpaired) electrons. The van der Waals surface area contributed by atoms with Gasteiger partial charge in [-0.1, -0.05) is 6.08 Å². The van der Waals surface area contributed by atoms with E-state index in [4.69, 9.17) is 10.2 Å². The molecule has 1 aromatic carbocycles. The molecule has 0 saturated carbocycles. The summed E-state index contributed by atoms with van der Waals surface area (Å²) >= 11 is 4.33. The molecule has 1 aromatic rings. The summed E-state index contributed by atoms with van der Waals surface area (Å²) in [5.41, 5.74) is 6.01. The van der Waals surface area contributed by atoms with Gasteiger partial charge in [0.25, 0.3) is 0 Å². The first kappa shape index (κ1) is 17.0. The molecule has 0 atom stereocenters. The summed E-state index contributed by atoms with van der Waals surface area (Å²) in [7, 11) is 0. The molecular formula is C12H12I2N2O4. The molecule has 0 unspecified atom stereocenters. The highest BCUT2D eigenvalue weighted by Crippen LogP contribution is 2.17. The summed E-state index contributed by atoms with van der Waals surface area (Å²) in [6.45, 7) is 0. The van der Waals surface area contributed by atoms with E-state index in [9.17, 15) is 9.59 Å². The van der Waals surface area contributed by atoms with Gasteiger partial charge in [-0.2, -0.15) is 0 Å². The lowest BCUT2D eigenvalue weighted by Crippen LogP contribution is -2.26. The van der Waals surface area contributed by atoms with E-state index in [2.05, 4.69) is 56.0 Å². The van der Waals surface area contributed by atoms with Gasteiger partial charge in [-0.3, -0.25) is 10.2 Å². The van der Waals surface area contributed by atoms with Crippen LogP contribution in [0.15, 0.2) is 30.0 Å². The van der Waals surface area contributed by atoms with E-state index in [-0.39, 0.29) is 18.5 Å². The number of anilines is 1. The lowest BCUT2D eigenvalue weighted by molar-refractivity contribution is -0.137. The van der Waals surface area contributed by atoms with Crippen molar-refractivity contribution < 1.29 is 19.8 Å². The Morgan fingerprint density at radius 3 is 2.25 bits per heavy atom. The van der Waals surface area contributed by atoms with Crippen molar-refractivity contribution >= 4 is 62.8 Å². The predicted molar refractivity (Wildman–Crippen MR) is 91.2 cm³/mol. The SMILES string of the molecule is O=C(O)CC/C=C(\NNc1cc(I)cc(I)c1)C(=O)O. The smallest absolute Gasteiger partial charge is 0.353 e. The minimum absolute atomic E-state index is 0.0832. The molecule has 0 fully saturated rings. The summed E-state index contributed by atoms with van der Waals surface area (Å²) in [6.07, 6.45) is 1.37. The third-order valence-corrected chi connectivity index (χ3v) is 3.39. The van der Waals surface area contributed by atoms with Crippen LogP contribution in [-0.4, -0.2) is 22.2 Å². The largest absolute Gasteiger partial charge is 0.481 e. The van der Waals surface area contributed by atoms with E-state index in [1.54, 1.807) is 0 Å². The van der Waals surface area contributed by atoms with Crippen LogP contribution in [0.3, 0.4) is 0 Å². The third-order valence-electron chi connectivity index (χ3n) is 2.14. The lowest BCUT2D eigenvalue weighted by Gasteiger charge is -2.11. The van der Waals surface area contributed by atoms with Crippen LogP contribution in [0, 0.1) is 7.14 Å². The Morgan fingerprint density at radius 2 is 1.75 bits per heavy atom. The number of halogens is 2. The van der Waals surface area contributed by atoms with Gasteiger partial charge < -0.3 is 15.6 Å². The monoisotopic (exact) mass is 502 g/mol. The van der Waals surface area contributed by atoms with Crippen molar-refractivity contribution in [2.75, 3.05) is 5.43 Å². The third kappa shape index (κ3) is 6.41. The van der Waals surface area contributed by atoms with Gasteiger partial charge >= 0.3 is 11.9 Å². The standard InChI is InChI=1S/C12H12I2N2O4/c13-7-4-8(14)6-9(5-7)15-16-10(12(19)20)2-1-3-11(17)18/h2,4-6,15-16H,1,3H2,(H,17,18)(H,19,20)/b10-2-. The van der Waals surface area contributed by atoms with E-state index < -0.39 is 11.9 Å². The fourth-order valence-electron chi connectivity index (χ4n) is 1.30. The zero-order chi connectivity index (χ0) is 15.1. The normalized spacial score (nSPS) is 11.0. The minimum atomic E-state index is -1.15. The van der Waals surface area contributed by atoms with Crippen LogP contribution in [0.4, 0.5) is 5.69 Å². The van der Waals surface area contributed by atoms with Crippen LogP contribution in [0.2, 0.25) is 0 Å². The molecule has 0 aliphatic rings. The van der Waals surface area contributed by atoms with Crippen LogP contribution < -0.4 is 10.9 Å². The highest BCUT2D eigenvalue weighted by atomic mass is 127. The second kappa shape index (κ2) is 8.29. The molecular weight excluding hydrogens is 490 g/mol. The second-order valence-corrected chi connectivity index (χ2v) is 6.25. The quantitative estimate of drug-likeness (QED) is 0.260. The number of aliphatic carboxylic acids is 2. The van der Waals surface area contributed by atoms with Crippen LogP contribution in [-0.2, 0) is 9.59 Å². The molecule has 108 valence electrons. The first-order chi connectivity index (χ1) is 9.38. The Bertz CT molecular complexity index is 526. The van der Waals surface area contributed by atoms with E-state index in [0.717, 1.165) is 12.8 Å². The van der Waals surface area contributed by atoms with E-state index in [1.807, 2.05) is 18.2 Å². The number of hydrazine groups is 1. The summed E-state index contributed by atoms with van der Waals surface area (Å²) in [5, 5.41) is 17.5. The molecule has 20 heavy (non-hydrogen) atoms. The number of nitrogens with one attached hydrogen (secondary N) is 2. The van der Waals surface area contributed by atoms with Gasteiger partial charge in [0.2, 0.25) is 0 Å². The molecule has 6 nitrogen and oxygen atoms in total. The molecule has 0 aromatic heterocycles. The molecule has 4 N–H and O–H groups in total. The molecule has 0 heterocycles. The zero-order valence-electron chi connectivity index (χ0n) is 10.2. The van der Waals surface area contributed by atoms with Crippen LogP contribution >= 0.6 is 45.2 Å². The molecule has 0 saturated heterocycles. The number of allylic oxidation sites excluding steroid dienone is 1. The maximum absolute atomic E-state index is 11.0. The van der Waals surface area contributed by atoms with Crippen molar-refractivity contribution in [1.29, 1.82) is 0 Å². The molecule has 8 heteroatoms. The molecule has 0 aliphatic heterocycles. The highest BCUT2D eigenvalue weighted by molar-refractivity contribution is 14.1. The van der Waals surface area contributed by atoms with E-state index in [1.165, 1.54) is 6.08 Å². The second-order valence-electron chi connectivity index (χ2n) is 3.76. The summed E-state index contributed by atoms with van der Waals surface area (Å²) in [6, 6.07) is 5.69. The first-order valence-corrected chi connectivity index (χ1v) is 7.67. The van der Waals surface area contributed by atoms with Crippen molar-refractivity contribution in [3.63, 3.8) is 0 Å². The number of carboxylic acids is 2. The summed E-state index contributed by atoms with van der Waals surface area (Å²) < 4.78 is 2.04. The molecule has 0 spiro atoms. The Kier molecular flexibility index (Phi) is 7.05. The first-order valence-electron chi connectivity index (χ1n) is 5.52. The average molecular weight is 502 g/mol. The number of rotatable bonds is 7. The number of carboxylic acid groups (broad SMARTS) is 2. The maximum atomic E-state index is 11.0. The maximum Gasteiger partial charge on any atom is 0.353 e.